The molecule has 2 heteroatoms. The Labute approximate surface area is 118 Å². The van der Waals surface area contributed by atoms with Crippen molar-refractivity contribution in [1.82, 2.24) is 5.32 Å². The number of rotatable bonds is 5. The van der Waals surface area contributed by atoms with Gasteiger partial charge in [0, 0.05) is 13.2 Å². The summed E-state index contributed by atoms with van der Waals surface area (Å²) in [6, 6.07) is 0.536. The van der Waals surface area contributed by atoms with E-state index < -0.39 is 0 Å². The first-order chi connectivity index (χ1) is 8.90. The van der Waals surface area contributed by atoms with E-state index in [9.17, 15) is 0 Å². The van der Waals surface area contributed by atoms with Crippen LogP contribution in [0.5, 0.6) is 0 Å². The minimum Gasteiger partial charge on any atom is -0.383 e. The van der Waals surface area contributed by atoms with Crippen LogP contribution in [0.3, 0.4) is 0 Å². The van der Waals surface area contributed by atoms with E-state index in [4.69, 9.17) is 4.74 Å². The zero-order valence-electron chi connectivity index (χ0n) is 13.2. The molecule has 4 fully saturated rings. The van der Waals surface area contributed by atoms with Crippen LogP contribution >= 0.6 is 0 Å². The molecule has 4 saturated carbocycles. The zero-order chi connectivity index (χ0) is 13.7. The minimum atomic E-state index is 0.536. The highest BCUT2D eigenvalue weighted by Crippen LogP contribution is 2.70. The van der Waals surface area contributed by atoms with Crippen LogP contribution in [-0.4, -0.2) is 26.8 Å². The van der Waals surface area contributed by atoms with Crippen LogP contribution in [0.4, 0.5) is 0 Å². The van der Waals surface area contributed by atoms with Gasteiger partial charge in [-0.3, -0.25) is 0 Å². The molecule has 3 atom stereocenters. The van der Waals surface area contributed by atoms with E-state index in [-0.39, 0.29) is 0 Å². The molecule has 0 amide bonds. The molecule has 0 radical (unpaired) electrons. The molecular formula is C17H31NO. The summed E-state index contributed by atoms with van der Waals surface area (Å²) < 4.78 is 5.40. The van der Waals surface area contributed by atoms with E-state index in [0.29, 0.717) is 22.3 Å². The first kappa shape index (κ1) is 13.9. The molecule has 0 aromatic rings. The summed E-state index contributed by atoms with van der Waals surface area (Å²) >= 11 is 0. The number of hydrogen-bond donors (Lipinski definition) is 1. The third-order valence-electron chi connectivity index (χ3n) is 6.20. The van der Waals surface area contributed by atoms with Crippen LogP contribution in [0.15, 0.2) is 0 Å². The monoisotopic (exact) mass is 265 g/mol. The van der Waals surface area contributed by atoms with Gasteiger partial charge in [-0.15, -0.1) is 0 Å². The van der Waals surface area contributed by atoms with E-state index in [0.717, 1.165) is 12.5 Å². The van der Waals surface area contributed by atoms with Gasteiger partial charge < -0.3 is 10.1 Å². The minimum absolute atomic E-state index is 0.536. The van der Waals surface area contributed by atoms with Crippen molar-refractivity contribution in [3.63, 3.8) is 0 Å². The van der Waals surface area contributed by atoms with Gasteiger partial charge in [-0.2, -0.15) is 0 Å². The van der Waals surface area contributed by atoms with Gasteiger partial charge in [0.15, 0.2) is 0 Å². The third kappa shape index (κ3) is 2.47. The number of nitrogens with one attached hydrogen (secondary N) is 1. The molecule has 110 valence electrons. The SMILES string of the molecule is CNC(COC)CC12CC3CC(C)(CC(C)(C3)C1)C2. The first-order valence-corrected chi connectivity index (χ1v) is 8.06. The van der Waals surface area contributed by atoms with Gasteiger partial charge in [0.25, 0.3) is 0 Å². The van der Waals surface area contributed by atoms with Crippen molar-refractivity contribution in [2.75, 3.05) is 20.8 Å². The summed E-state index contributed by atoms with van der Waals surface area (Å²) in [5.41, 5.74) is 1.88. The van der Waals surface area contributed by atoms with Crippen molar-refractivity contribution in [2.45, 2.75) is 64.8 Å². The molecule has 4 rings (SSSR count). The highest BCUT2D eigenvalue weighted by molar-refractivity contribution is 5.10. The lowest BCUT2D eigenvalue weighted by atomic mass is 9.39. The summed E-state index contributed by atoms with van der Waals surface area (Å²) in [6.07, 6.45) is 10.2. The highest BCUT2D eigenvalue weighted by Gasteiger charge is 2.59. The quantitative estimate of drug-likeness (QED) is 0.820. The Morgan fingerprint density at radius 3 is 2.21 bits per heavy atom. The lowest BCUT2D eigenvalue weighted by Gasteiger charge is -2.66. The van der Waals surface area contributed by atoms with Crippen molar-refractivity contribution in [3.05, 3.63) is 0 Å². The van der Waals surface area contributed by atoms with Crippen LogP contribution < -0.4 is 5.32 Å². The molecule has 1 N–H and O–H groups in total. The predicted octanol–water partition coefficient (Wildman–Crippen LogP) is 3.61. The number of ether oxygens (including phenoxy) is 1. The Balaban J connectivity index is 1.80. The van der Waals surface area contributed by atoms with Gasteiger partial charge in [0.05, 0.1) is 6.61 Å². The number of likely N-dealkylation sites (N-methyl/N-ethyl adjacent to an activating group) is 1. The van der Waals surface area contributed by atoms with Gasteiger partial charge in [0.2, 0.25) is 0 Å². The molecule has 0 aliphatic heterocycles. The standard InChI is InChI=1S/C17H31NO/c1-15-5-13-6-16(2,10-15)12-17(7-13,11-15)8-14(18-3)9-19-4/h13-14,18H,5-12H2,1-4H3. The van der Waals surface area contributed by atoms with E-state index in [1.807, 2.05) is 7.11 Å². The fourth-order valence-electron chi connectivity index (χ4n) is 6.88. The fourth-order valence-corrected chi connectivity index (χ4v) is 6.88. The van der Waals surface area contributed by atoms with E-state index in [1.54, 1.807) is 0 Å². The molecule has 19 heavy (non-hydrogen) atoms. The molecule has 4 aliphatic carbocycles. The second-order valence-corrected chi connectivity index (χ2v) is 8.78. The Bertz CT molecular complexity index is 335. The van der Waals surface area contributed by atoms with Gasteiger partial charge in [0.1, 0.15) is 0 Å². The normalized spacial score (nSPS) is 49.6. The summed E-state index contributed by atoms with van der Waals surface area (Å²) in [4.78, 5) is 0. The molecule has 0 spiro atoms. The summed E-state index contributed by atoms with van der Waals surface area (Å²) in [7, 11) is 3.92. The van der Waals surface area contributed by atoms with Crippen molar-refractivity contribution in [3.8, 4) is 0 Å². The van der Waals surface area contributed by atoms with E-state index in [1.165, 1.54) is 44.9 Å². The van der Waals surface area contributed by atoms with Gasteiger partial charge in [-0.1, -0.05) is 13.8 Å². The smallest absolute Gasteiger partial charge is 0.0615 e. The zero-order valence-corrected chi connectivity index (χ0v) is 13.2. The van der Waals surface area contributed by atoms with Crippen LogP contribution in [0, 0.1) is 22.2 Å². The molecule has 0 aromatic heterocycles. The van der Waals surface area contributed by atoms with Crippen molar-refractivity contribution in [1.29, 1.82) is 0 Å². The van der Waals surface area contributed by atoms with Crippen LogP contribution in [0.25, 0.3) is 0 Å². The Hall–Kier alpha value is -0.0800. The molecule has 4 bridgehead atoms. The molecule has 4 aliphatic rings. The maximum atomic E-state index is 5.40. The Morgan fingerprint density at radius 2 is 1.74 bits per heavy atom. The third-order valence-corrected chi connectivity index (χ3v) is 6.20. The molecular weight excluding hydrogens is 234 g/mol. The molecule has 3 unspecified atom stereocenters. The lowest BCUT2D eigenvalue weighted by molar-refractivity contribution is -0.151. The van der Waals surface area contributed by atoms with Crippen molar-refractivity contribution >= 4 is 0 Å². The summed E-state index contributed by atoms with van der Waals surface area (Å²) in [5.74, 6) is 1.01. The van der Waals surface area contributed by atoms with Crippen molar-refractivity contribution in [2.24, 2.45) is 22.2 Å². The summed E-state index contributed by atoms with van der Waals surface area (Å²) in [6.45, 7) is 5.99. The average molecular weight is 265 g/mol. The molecule has 0 aromatic carbocycles. The Morgan fingerprint density at radius 1 is 1.11 bits per heavy atom. The maximum absolute atomic E-state index is 5.40. The largest absolute Gasteiger partial charge is 0.383 e. The second kappa shape index (κ2) is 4.46. The van der Waals surface area contributed by atoms with Gasteiger partial charge in [-0.05, 0) is 74.2 Å². The first-order valence-electron chi connectivity index (χ1n) is 8.06. The van der Waals surface area contributed by atoms with Crippen molar-refractivity contribution < 1.29 is 4.74 Å². The predicted molar refractivity (Wildman–Crippen MR) is 79.2 cm³/mol. The second-order valence-electron chi connectivity index (χ2n) is 8.78. The van der Waals surface area contributed by atoms with E-state index in [2.05, 4.69) is 26.2 Å². The number of hydrogen-bond acceptors (Lipinski definition) is 2. The topological polar surface area (TPSA) is 21.3 Å². The Kier molecular flexibility index (Phi) is 3.26. The molecule has 2 nitrogen and oxygen atoms in total. The maximum Gasteiger partial charge on any atom is 0.0615 e. The summed E-state index contributed by atoms with van der Waals surface area (Å²) in [5, 5.41) is 3.48. The van der Waals surface area contributed by atoms with E-state index >= 15 is 0 Å². The lowest BCUT2D eigenvalue weighted by Crippen LogP contribution is -2.56. The van der Waals surface area contributed by atoms with Crippen LogP contribution in [0.1, 0.15) is 58.8 Å². The average Bonchev–Trinajstić information content (AvgIpc) is 2.22. The van der Waals surface area contributed by atoms with Gasteiger partial charge >= 0.3 is 0 Å². The molecule has 0 heterocycles. The van der Waals surface area contributed by atoms with Crippen LogP contribution in [0.2, 0.25) is 0 Å². The van der Waals surface area contributed by atoms with Crippen LogP contribution in [-0.2, 0) is 4.74 Å². The van der Waals surface area contributed by atoms with Gasteiger partial charge in [-0.25, -0.2) is 0 Å². The molecule has 0 saturated heterocycles. The fraction of sp³-hybridized carbons (Fsp3) is 1.00. The number of methoxy groups -OCH3 is 1. The highest BCUT2D eigenvalue weighted by atomic mass is 16.5.